The molecule has 0 fully saturated rings. The lowest BCUT2D eigenvalue weighted by atomic mass is 10.2. The van der Waals surface area contributed by atoms with Crippen LogP contribution in [0.25, 0.3) is 0 Å². The molecule has 0 N–H and O–H groups in total. The van der Waals surface area contributed by atoms with Gasteiger partial charge in [-0.05, 0) is 33.6 Å². The van der Waals surface area contributed by atoms with Crippen LogP contribution >= 0.6 is 11.3 Å². The van der Waals surface area contributed by atoms with Crippen molar-refractivity contribution in [3.05, 3.63) is 9.88 Å². The number of aromatic nitrogens is 1. The zero-order chi connectivity index (χ0) is 13.3. The molecule has 1 aromatic heterocycles. The van der Waals surface area contributed by atoms with Crippen LogP contribution in [0, 0.1) is 0 Å². The van der Waals surface area contributed by atoms with E-state index in [1.54, 1.807) is 11.3 Å². The van der Waals surface area contributed by atoms with Gasteiger partial charge in [0, 0.05) is 31.1 Å². The molecular weight excluding hydrogens is 246 g/mol. The monoisotopic (exact) mass is 267 g/mol. The van der Waals surface area contributed by atoms with Crippen LogP contribution in [0.5, 0.6) is 0 Å². The van der Waals surface area contributed by atoms with Crippen LogP contribution in [-0.4, -0.2) is 42.0 Å². The minimum absolute atomic E-state index is 0.0697. The van der Waals surface area contributed by atoms with E-state index in [-0.39, 0.29) is 11.9 Å². The molecule has 2 heterocycles. The molecule has 1 amide bonds. The summed E-state index contributed by atoms with van der Waals surface area (Å²) in [7, 11) is 2.05. The van der Waals surface area contributed by atoms with E-state index in [9.17, 15) is 4.79 Å². The summed E-state index contributed by atoms with van der Waals surface area (Å²) in [6, 6.07) is 0.223. The number of carbonyl (C=O) groups excluding carboxylic acids is 1. The fraction of sp³-hybridized carbons (Fsp3) is 0.692. The number of aryl methyl sites for hydroxylation is 1. The first-order valence-electron chi connectivity index (χ1n) is 6.56. The highest BCUT2D eigenvalue weighted by atomic mass is 32.1. The van der Waals surface area contributed by atoms with Crippen molar-refractivity contribution in [2.24, 2.45) is 0 Å². The van der Waals surface area contributed by atoms with Crippen LogP contribution in [0.2, 0.25) is 0 Å². The first-order valence-corrected chi connectivity index (χ1v) is 7.38. The highest BCUT2D eigenvalue weighted by Gasteiger charge is 2.25. The number of rotatable bonds is 3. The number of carbonyl (C=O) groups is 1. The van der Waals surface area contributed by atoms with Gasteiger partial charge in [-0.15, -0.1) is 11.3 Å². The Labute approximate surface area is 113 Å². The Morgan fingerprint density at radius 1 is 1.56 bits per heavy atom. The number of amides is 1. The van der Waals surface area contributed by atoms with Crippen molar-refractivity contribution < 1.29 is 4.79 Å². The molecule has 0 saturated heterocycles. The van der Waals surface area contributed by atoms with Crippen molar-refractivity contribution in [1.29, 1.82) is 0 Å². The van der Waals surface area contributed by atoms with Crippen LogP contribution in [0.4, 0.5) is 5.82 Å². The smallest absolute Gasteiger partial charge is 0.283 e. The summed E-state index contributed by atoms with van der Waals surface area (Å²) in [5.74, 6) is 1.08. The van der Waals surface area contributed by atoms with Crippen molar-refractivity contribution in [2.45, 2.75) is 39.7 Å². The molecule has 0 spiro atoms. The number of anilines is 1. The van der Waals surface area contributed by atoms with Gasteiger partial charge in [-0.1, -0.05) is 0 Å². The summed E-state index contributed by atoms with van der Waals surface area (Å²) in [5, 5.41) is 0.643. The molecule has 0 atom stereocenters. The molecule has 100 valence electrons. The van der Waals surface area contributed by atoms with Gasteiger partial charge in [-0.3, -0.25) is 4.79 Å². The molecule has 1 aromatic rings. The Bertz CT molecular complexity index is 441. The van der Waals surface area contributed by atoms with Gasteiger partial charge in [-0.25, -0.2) is 4.98 Å². The molecule has 5 heteroatoms. The molecule has 0 unspecified atom stereocenters. The fourth-order valence-corrected chi connectivity index (χ4v) is 3.45. The summed E-state index contributed by atoms with van der Waals surface area (Å²) in [4.78, 5) is 22.2. The fourth-order valence-electron chi connectivity index (χ4n) is 2.35. The number of nitrogens with zero attached hydrogens (tertiary/aromatic N) is 3. The second-order valence-corrected chi connectivity index (χ2v) is 6.06. The van der Waals surface area contributed by atoms with Crippen LogP contribution in [0.15, 0.2) is 0 Å². The van der Waals surface area contributed by atoms with Gasteiger partial charge in [-0.2, -0.15) is 0 Å². The first-order chi connectivity index (χ1) is 8.54. The van der Waals surface area contributed by atoms with Crippen molar-refractivity contribution in [1.82, 2.24) is 9.88 Å². The number of hydrogen-bond acceptors (Lipinski definition) is 4. The largest absolute Gasteiger partial charge is 0.359 e. The Kier molecular flexibility index (Phi) is 3.90. The maximum Gasteiger partial charge on any atom is 0.283 e. The molecule has 0 radical (unpaired) electrons. The second kappa shape index (κ2) is 5.26. The molecule has 1 aliphatic rings. The average Bonchev–Trinajstić information content (AvgIpc) is 2.74. The maximum atomic E-state index is 12.4. The Balaban J connectivity index is 2.26. The van der Waals surface area contributed by atoms with Gasteiger partial charge in [0.25, 0.3) is 5.91 Å². The second-order valence-electron chi connectivity index (χ2n) is 4.98. The molecule has 0 saturated carbocycles. The minimum atomic E-state index is 0.0697. The lowest BCUT2D eigenvalue weighted by molar-refractivity contribution is 0.0716. The molecule has 0 aromatic carbocycles. The van der Waals surface area contributed by atoms with E-state index in [2.05, 4.69) is 9.88 Å². The summed E-state index contributed by atoms with van der Waals surface area (Å²) >= 11 is 1.56. The third kappa shape index (κ3) is 2.36. The van der Waals surface area contributed by atoms with Crippen LogP contribution in [0.3, 0.4) is 0 Å². The van der Waals surface area contributed by atoms with Gasteiger partial charge < -0.3 is 9.80 Å². The van der Waals surface area contributed by atoms with Crippen LogP contribution in [-0.2, 0) is 6.42 Å². The van der Waals surface area contributed by atoms with Crippen LogP contribution < -0.4 is 4.90 Å². The molecule has 0 bridgehead atoms. The van der Waals surface area contributed by atoms with Crippen LogP contribution in [0.1, 0.15) is 41.9 Å². The molecule has 4 nitrogen and oxygen atoms in total. The maximum absolute atomic E-state index is 12.4. The van der Waals surface area contributed by atoms with E-state index in [0.29, 0.717) is 5.01 Å². The van der Waals surface area contributed by atoms with Gasteiger partial charge >= 0.3 is 0 Å². The Morgan fingerprint density at radius 3 is 2.83 bits per heavy atom. The molecule has 2 rings (SSSR count). The minimum Gasteiger partial charge on any atom is -0.359 e. The molecule has 0 aliphatic carbocycles. The Morgan fingerprint density at radius 2 is 2.28 bits per heavy atom. The SMILES string of the molecule is CCN(C(=O)c1nc2c(s1)CCCN2C)C(C)C. The van der Waals surface area contributed by atoms with E-state index in [1.165, 1.54) is 4.88 Å². The van der Waals surface area contributed by atoms with Crippen molar-refractivity contribution in [3.8, 4) is 0 Å². The zero-order valence-corrected chi connectivity index (χ0v) is 12.4. The third-order valence-electron chi connectivity index (χ3n) is 3.34. The highest BCUT2D eigenvalue weighted by molar-refractivity contribution is 7.14. The quantitative estimate of drug-likeness (QED) is 0.844. The number of thiazole rings is 1. The summed E-state index contributed by atoms with van der Waals surface area (Å²) < 4.78 is 0. The average molecular weight is 267 g/mol. The lowest BCUT2D eigenvalue weighted by Crippen LogP contribution is -2.36. The van der Waals surface area contributed by atoms with E-state index >= 15 is 0 Å². The number of fused-ring (bicyclic) bond motifs is 1. The zero-order valence-electron chi connectivity index (χ0n) is 11.6. The highest BCUT2D eigenvalue weighted by Crippen LogP contribution is 2.31. The van der Waals surface area contributed by atoms with Gasteiger partial charge in [0.1, 0.15) is 5.82 Å². The lowest BCUT2D eigenvalue weighted by Gasteiger charge is -2.24. The summed E-state index contributed by atoms with van der Waals surface area (Å²) in [6.45, 7) is 7.86. The van der Waals surface area contributed by atoms with Crippen molar-refractivity contribution in [2.75, 3.05) is 25.0 Å². The molecule has 1 aliphatic heterocycles. The van der Waals surface area contributed by atoms with E-state index in [1.807, 2.05) is 32.7 Å². The number of hydrogen-bond donors (Lipinski definition) is 0. The van der Waals surface area contributed by atoms with Gasteiger partial charge in [0.15, 0.2) is 5.01 Å². The van der Waals surface area contributed by atoms with E-state index in [0.717, 1.165) is 31.7 Å². The first kappa shape index (κ1) is 13.3. The molecular formula is C13H21N3OS. The predicted molar refractivity (Wildman–Crippen MR) is 75.6 cm³/mol. The normalized spacial score (nSPS) is 14.8. The molecule has 18 heavy (non-hydrogen) atoms. The van der Waals surface area contributed by atoms with Gasteiger partial charge in [0.2, 0.25) is 0 Å². The third-order valence-corrected chi connectivity index (χ3v) is 4.44. The topological polar surface area (TPSA) is 36.4 Å². The van der Waals surface area contributed by atoms with Crippen molar-refractivity contribution >= 4 is 23.1 Å². The summed E-state index contributed by atoms with van der Waals surface area (Å²) in [5.41, 5.74) is 0. The standard InChI is InChI=1S/C13H21N3OS/c1-5-16(9(2)3)13(17)12-14-11-10(18-12)7-6-8-15(11)4/h9H,5-8H2,1-4H3. The van der Waals surface area contributed by atoms with E-state index in [4.69, 9.17) is 0 Å². The van der Waals surface area contributed by atoms with Crippen molar-refractivity contribution in [3.63, 3.8) is 0 Å². The predicted octanol–water partition coefficient (Wildman–Crippen LogP) is 2.40. The van der Waals surface area contributed by atoms with Gasteiger partial charge in [0.05, 0.1) is 0 Å². The summed E-state index contributed by atoms with van der Waals surface area (Å²) in [6.07, 6.45) is 2.21. The Hall–Kier alpha value is -1.10. The van der Waals surface area contributed by atoms with E-state index < -0.39 is 0 Å².